The molecule has 0 radical (unpaired) electrons. The topological polar surface area (TPSA) is 61.1 Å². The molecule has 3 nitrogen and oxygen atoms in total. The maximum Gasteiger partial charge on any atom is 0.316 e. The Labute approximate surface area is 100 Å². The van der Waals surface area contributed by atoms with E-state index in [0.717, 1.165) is 11.8 Å². The molecule has 5 heteroatoms. The van der Waals surface area contributed by atoms with Gasteiger partial charge in [0.2, 0.25) is 0 Å². The molecule has 1 rings (SSSR count). The van der Waals surface area contributed by atoms with E-state index in [0.29, 0.717) is 14.9 Å². The van der Waals surface area contributed by atoms with E-state index in [9.17, 15) is 4.79 Å². The molecule has 0 saturated carbocycles. The Bertz CT molecular complexity index is 428. The zero-order valence-electron chi connectivity index (χ0n) is 7.90. The fraction of sp³-hybridized carbons (Fsp3) is 0.200. The summed E-state index contributed by atoms with van der Waals surface area (Å²) in [5, 5.41) is 17.1. The third-order valence-electron chi connectivity index (χ3n) is 1.74. The van der Waals surface area contributed by atoms with Gasteiger partial charge in [0, 0.05) is 9.37 Å². The average Bonchev–Trinajstić information content (AvgIpc) is 2.18. The maximum atomic E-state index is 10.7. The molecule has 0 fully saturated rings. The first kappa shape index (κ1) is 12.1. The Kier molecular flexibility index (Phi) is 4.18. The summed E-state index contributed by atoms with van der Waals surface area (Å²) >= 11 is 4.42. The zero-order valence-corrected chi connectivity index (χ0v) is 10.3. The summed E-state index contributed by atoms with van der Waals surface area (Å²) in [7, 11) is 0. The molecular formula is C10H8BrNO2S. The molecule has 0 aliphatic carbocycles. The van der Waals surface area contributed by atoms with E-state index in [1.807, 2.05) is 6.07 Å². The lowest BCUT2D eigenvalue weighted by molar-refractivity contribution is -0.136. The first-order chi connectivity index (χ1) is 7.06. The Morgan fingerprint density at radius 2 is 2.33 bits per heavy atom. The summed E-state index contributed by atoms with van der Waals surface area (Å²) in [4.78, 5) is 11.4. The molecule has 0 bridgehead atoms. The number of thioether (sulfide) groups is 1. The van der Waals surface area contributed by atoms with Gasteiger partial charge in [-0.2, -0.15) is 5.26 Å². The van der Waals surface area contributed by atoms with Gasteiger partial charge < -0.3 is 5.11 Å². The first-order valence-corrected chi connectivity index (χ1v) is 5.81. The molecule has 1 aromatic carbocycles. The lowest BCUT2D eigenvalue weighted by Gasteiger charge is -2.08. The summed E-state index contributed by atoms with van der Waals surface area (Å²) < 4.78 is 0.688. The lowest BCUT2D eigenvalue weighted by atomic mass is 10.2. The van der Waals surface area contributed by atoms with Gasteiger partial charge in [0.05, 0.1) is 5.56 Å². The third kappa shape index (κ3) is 2.98. The molecule has 78 valence electrons. The molecule has 0 aliphatic rings. The highest BCUT2D eigenvalue weighted by atomic mass is 79.9. The molecule has 0 amide bonds. The van der Waals surface area contributed by atoms with Crippen LogP contribution in [0.2, 0.25) is 0 Å². The molecule has 1 atom stereocenters. The number of hydrogen-bond acceptors (Lipinski definition) is 3. The van der Waals surface area contributed by atoms with Crippen molar-refractivity contribution in [2.24, 2.45) is 0 Å². The smallest absolute Gasteiger partial charge is 0.316 e. The van der Waals surface area contributed by atoms with Crippen LogP contribution in [0, 0.1) is 11.3 Å². The predicted octanol–water partition coefficient (Wildman–Crippen LogP) is 2.89. The minimum atomic E-state index is -0.885. The van der Waals surface area contributed by atoms with Crippen LogP contribution in [0.3, 0.4) is 0 Å². The molecule has 0 aliphatic heterocycles. The molecule has 0 saturated heterocycles. The number of nitriles is 1. The molecule has 0 heterocycles. The normalized spacial score (nSPS) is 11.8. The van der Waals surface area contributed by atoms with Gasteiger partial charge in [0.15, 0.2) is 0 Å². The molecule has 0 aromatic heterocycles. The number of halogens is 1. The van der Waals surface area contributed by atoms with Crippen molar-refractivity contribution in [2.75, 3.05) is 0 Å². The monoisotopic (exact) mass is 285 g/mol. The van der Waals surface area contributed by atoms with Crippen LogP contribution in [0.4, 0.5) is 0 Å². The molecule has 0 spiro atoms. The molecule has 1 unspecified atom stereocenters. The lowest BCUT2D eigenvalue weighted by Crippen LogP contribution is -2.11. The number of carboxylic acid groups (broad SMARTS) is 1. The van der Waals surface area contributed by atoms with Gasteiger partial charge in [-0.25, -0.2) is 0 Å². The van der Waals surface area contributed by atoms with Gasteiger partial charge in [-0.1, -0.05) is 6.07 Å². The van der Waals surface area contributed by atoms with Crippen LogP contribution in [0.15, 0.2) is 27.6 Å². The van der Waals surface area contributed by atoms with Crippen molar-refractivity contribution in [1.29, 1.82) is 5.26 Å². The van der Waals surface area contributed by atoms with Gasteiger partial charge in [-0.3, -0.25) is 4.79 Å². The van der Waals surface area contributed by atoms with Gasteiger partial charge in [0.1, 0.15) is 11.3 Å². The molecular weight excluding hydrogens is 278 g/mol. The van der Waals surface area contributed by atoms with E-state index >= 15 is 0 Å². The van der Waals surface area contributed by atoms with Crippen molar-refractivity contribution < 1.29 is 9.90 Å². The number of carboxylic acids is 1. The molecule has 1 aromatic rings. The van der Waals surface area contributed by atoms with E-state index in [4.69, 9.17) is 10.4 Å². The molecule has 15 heavy (non-hydrogen) atoms. The Hall–Kier alpha value is -0.990. The van der Waals surface area contributed by atoms with E-state index in [2.05, 4.69) is 15.9 Å². The second-order valence-electron chi connectivity index (χ2n) is 2.82. The van der Waals surface area contributed by atoms with Crippen molar-refractivity contribution >= 4 is 33.7 Å². The van der Waals surface area contributed by atoms with Crippen molar-refractivity contribution in [1.82, 2.24) is 0 Å². The second-order valence-corrected chi connectivity index (χ2v) is 5.06. The van der Waals surface area contributed by atoms with Crippen LogP contribution in [0.25, 0.3) is 0 Å². The highest BCUT2D eigenvalue weighted by molar-refractivity contribution is 9.10. The standard InChI is InChI=1S/C10H8BrNO2S/c1-6(10(13)14)15-9-4-2-3-8(11)7(9)5-12/h2-4,6H,1H3,(H,13,14). The number of rotatable bonds is 3. The minimum Gasteiger partial charge on any atom is -0.480 e. The highest BCUT2D eigenvalue weighted by Gasteiger charge is 2.15. The van der Waals surface area contributed by atoms with E-state index < -0.39 is 11.2 Å². The Balaban J connectivity index is 3.01. The number of carbonyl (C=O) groups is 1. The van der Waals surface area contributed by atoms with Crippen LogP contribution in [-0.4, -0.2) is 16.3 Å². The van der Waals surface area contributed by atoms with Gasteiger partial charge in [-0.05, 0) is 35.0 Å². The van der Waals surface area contributed by atoms with Crippen molar-refractivity contribution in [3.05, 3.63) is 28.2 Å². The minimum absolute atomic E-state index is 0.482. The van der Waals surface area contributed by atoms with Crippen LogP contribution in [-0.2, 0) is 4.79 Å². The largest absolute Gasteiger partial charge is 0.480 e. The number of aliphatic carboxylic acids is 1. The number of nitrogens with zero attached hydrogens (tertiary/aromatic N) is 1. The highest BCUT2D eigenvalue weighted by Crippen LogP contribution is 2.30. The predicted molar refractivity (Wildman–Crippen MR) is 61.8 cm³/mol. The number of hydrogen-bond donors (Lipinski definition) is 1. The quantitative estimate of drug-likeness (QED) is 0.868. The Morgan fingerprint density at radius 1 is 1.67 bits per heavy atom. The summed E-state index contributed by atoms with van der Waals surface area (Å²) in [5.41, 5.74) is 0.482. The average molecular weight is 286 g/mol. The van der Waals surface area contributed by atoms with Gasteiger partial charge in [-0.15, -0.1) is 11.8 Å². The van der Waals surface area contributed by atoms with Crippen LogP contribution in [0.1, 0.15) is 12.5 Å². The van der Waals surface area contributed by atoms with Crippen molar-refractivity contribution in [3.8, 4) is 6.07 Å². The van der Waals surface area contributed by atoms with Crippen molar-refractivity contribution in [2.45, 2.75) is 17.1 Å². The molecule has 1 N–H and O–H groups in total. The van der Waals surface area contributed by atoms with E-state index in [1.54, 1.807) is 25.1 Å². The summed E-state index contributed by atoms with van der Waals surface area (Å²) in [5.74, 6) is -0.885. The maximum absolute atomic E-state index is 10.7. The SMILES string of the molecule is CC(Sc1cccc(Br)c1C#N)C(=O)O. The zero-order chi connectivity index (χ0) is 11.4. The van der Waals surface area contributed by atoms with Crippen LogP contribution in [0.5, 0.6) is 0 Å². The second kappa shape index (κ2) is 5.19. The third-order valence-corrected chi connectivity index (χ3v) is 3.55. The fourth-order valence-corrected chi connectivity index (χ4v) is 2.45. The van der Waals surface area contributed by atoms with Gasteiger partial charge >= 0.3 is 5.97 Å². The first-order valence-electron chi connectivity index (χ1n) is 4.14. The van der Waals surface area contributed by atoms with Gasteiger partial charge in [0.25, 0.3) is 0 Å². The summed E-state index contributed by atoms with van der Waals surface area (Å²) in [6.45, 7) is 1.59. The van der Waals surface area contributed by atoms with Crippen molar-refractivity contribution in [3.63, 3.8) is 0 Å². The number of benzene rings is 1. The van der Waals surface area contributed by atoms with Crippen LogP contribution < -0.4 is 0 Å². The van der Waals surface area contributed by atoms with E-state index in [-0.39, 0.29) is 0 Å². The summed E-state index contributed by atoms with van der Waals surface area (Å²) in [6.07, 6.45) is 0. The summed E-state index contributed by atoms with van der Waals surface area (Å²) in [6, 6.07) is 7.33. The Morgan fingerprint density at radius 3 is 2.87 bits per heavy atom. The van der Waals surface area contributed by atoms with E-state index in [1.165, 1.54) is 0 Å². The fourth-order valence-electron chi connectivity index (χ4n) is 0.952. The van der Waals surface area contributed by atoms with Crippen LogP contribution >= 0.6 is 27.7 Å².